The number of amides is 2. The number of alkyl carbamates (subject to hydrolysis) is 1. The van der Waals surface area contributed by atoms with Gasteiger partial charge in [0.1, 0.15) is 6.61 Å². The lowest BCUT2D eigenvalue weighted by Gasteiger charge is -2.32. The summed E-state index contributed by atoms with van der Waals surface area (Å²) >= 11 is 0. The van der Waals surface area contributed by atoms with Crippen molar-refractivity contribution in [1.29, 1.82) is 0 Å². The van der Waals surface area contributed by atoms with Crippen molar-refractivity contribution in [1.82, 2.24) is 25.3 Å². The van der Waals surface area contributed by atoms with Gasteiger partial charge in [-0.05, 0) is 30.9 Å². The van der Waals surface area contributed by atoms with Crippen molar-refractivity contribution in [3.63, 3.8) is 0 Å². The van der Waals surface area contributed by atoms with Gasteiger partial charge in [0.25, 0.3) is 5.91 Å². The minimum atomic E-state index is -0.371. The lowest BCUT2D eigenvalue weighted by molar-refractivity contribution is 0.0938. The quantitative estimate of drug-likeness (QED) is 0.507. The lowest BCUT2D eigenvalue weighted by Crippen LogP contribution is -2.46. The Bertz CT molecular complexity index is 1090. The molecule has 8 nitrogen and oxygen atoms in total. The maximum Gasteiger partial charge on any atom is 0.407 e. The standard InChI is InChI=1S/C26H33N5O3/c1-2-15-31-23-11-7-6-10-22(23)24(29-31)25(32)27-14-18-30-16-12-21(13-17-30)28-26(33)34-19-20-8-4-3-5-9-20/h3-11,21H,2,12-19H2,1H3,(H,27,32)(H,28,33). The number of piperidine rings is 1. The van der Waals surface area contributed by atoms with Crippen molar-refractivity contribution in [3.05, 3.63) is 65.9 Å². The highest BCUT2D eigenvalue weighted by molar-refractivity contribution is 6.04. The zero-order valence-corrected chi connectivity index (χ0v) is 19.7. The molecule has 0 bridgehead atoms. The molecule has 2 N–H and O–H groups in total. The monoisotopic (exact) mass is 463 g/mol. The van der Waals surface area contributed by atoms with Gasteiger partial charge in [-0.3, -0.25) is 9.48 Å². The number of aromatic nitrogens is 2. The van der Waals surface area contributed by atoms with Crippen LogP contribution in [0.25, 0.3) is 10.9 Å². The molecule has 0 unspecified atom stereocenters. The Morgan fingerprint density at radius 1 is 1.03 bits per heavy atom. The first-order chi connectivity index (χ1) is 16.6. The van der Waals surface area contributed by atoms with Crippen LogP contribution in [-0.4, -0.2) is 58.9 Å². The summed E-state index contributed by atoms with van der Waals surface area (Å²) in [6.45, 7) is 6.23. The third-order valence-electron chi connectivity index (χ3n) is 6.14. The zero-order valence-electron chi connectivity index (χ0n) is 19.7. The van der Waals surface area contributed by atoms with E-state index in [2.05, 4.69) is 27.6 Å². The molecule has 1 aliphatic rings. The highest BCUT2D eigenvalue weighted by atomic mass is 16.5. The van der Waals surface area contributed by atoms with E-state index in [0.29, 0.717) is 12.2 Å². The number of benzene rings is 2. The van der Waals surface area contributed by atoms with Crippen molar-refractivity contribution in [2.24, 2.45) is 0 Å². The Morgan fingerprint density at radius 3 is 2.53 bits per heavy atom. The second kappa shape index (κ2) is 11.7. The summed E-state index contributed by atoms with van der Waals surface area (Å²) in [5.74, 6) is -0.135. The van der Waals surface area contributed by atoms with Crippen molar-refractivity contribution in [3.8, 4) is 0 Å². The first-order valence-corrected chi connectivity index (χ1v) is 12.1. The number of rotatable bonds is 9. The molecule has 0 atom stereocenters. The number of hydrogen-bond donors (Lipinski definition) is 2. The van der Waals surface area contributed by atoms with E-state index in [9.17, 15) is 9.59 Å². The Balaban J connectivity index is 1.17. The minimum Gasteiger partial charge on any atom is -0.445 e. The van der Waals surface area contributed by atoms with Gasteiger partial charge in [-0.1, -0.05) is 55.5 Å². The third kappa shape index (κ3) is 6.14. The number of aryl methyl sites for hydroxylation is 1. The van der Waals surface area contributed by atoms with Crippen molar-refractivity contribution in [2.45, 2.75) is 45.4 Å². The molecular formula is C26H33N5O3. The van der Waals surface area contributed by atoms with Crippen LogP contribution in [0, 0.1) is 0 Å². The van der Waals surface area contributed by atoms with Crippen molar-refractivity contribution >= 4 is 22.9 Å². The number of fused-ring (bicyclic) bond motifs is 1. The van der Waals surface area contributed by atoms with E-state index < -0.39 is 0 Å². The third-order valence-corrected chi connectivity index (χ3v) is 6.14. The molecule has 1 fully saturated rings. The molecule has 34 heavy (non-hydrogen) atoms. The molecule has 4 rings (SSSR count). The van der Waals surface area contributed by atoms with Gasteiger partial charge in [0.05, 0.1) is 5.52 Å². The van der Waals surface area contributed by atoms with Gasteiger partial charge in [0.15, 0.2) is 5.69 Å². The molecule has 0 aliphatic carbocycles. The number of carbonyl (C=O) groups excluding carboxylic acids is 2. The molecule has 2 aromatic carbocycles. The van der Waals surface area contributed by atoms with Crippen molar-refractivity contribution < 1.29 is 14.3 Å². The summed E-state index contributed by atoms with van der Waals surface area (Å²) in [4.78, 5) is 27.2. The van der Waals surface area contributed by atoms with E-state index in [1.807, 2.05) is 59.3 Å². The molecule has 180 valence electrons. The van der Waals surface area contributed by atoms with Gasteiger partial charge in [0, 0.05) is 44.2 Å². The highest BCUT2D eigenvalue weighted by Crippen LogP contribution is 2.19. The largest absolute Gasteiger partial charge is 0.445 e. The Kier molecular flexibility index (Phi) is 8.14. The molecule has 0 spiro atoms. The smallest absolute Gasteiger partial charge is 0.407 e. The normalized spacial score (nSPS) is 14.7. The number of likely N-dealkylation sites (tertiary alicyclic amines) is 1. The summed E-state index contributed by atoms with van der Waals surface area (Å²) in [5, 5.41) is 11.4. The number of carbonyl (C=O) groups is 2. The fourth-order valence-electron chi connectivity index (χ4n) is 4.32. The fraction of sp³-hybridized carbons (Fsp3) is 0.423. The number of ether oxygens (including phenoxy) is 1. The van der Waals surface area contributed by atoms with E-state index in [-0.39, 0.29) is 24.6 Å². The Morgan fingerprint density at radius 2 is 1.76 bits per heavy atom. The zero-order chi connectivity index (χ0) is 23.8. The second-order valence-electron chi connectivity index (χ2n) is 8.67. The average Bonchev–Trinajstić information content (AvgIpc) is 3.23. The van der Waals surface area contributed by atoms with Gasteiger partial charge in [0.2, 0.25) is 0 Å². The van der Waals surface area contributed by atoms with Crippen LogP contribution in [0.4, 0.5) is 4.79 Å². The van der Waals surface area contributed by atoms with Gasteiger partial charge >= 0.3 is 6.09 Å². The average molecular weight is 464 g/mol. The van der Waals surface area contributed by atoms with E-state index in [1.165, 1.54) is 0 Å². The molecule has 1 saturated heterocycles. The first-order valence-electron chi connectivity index (χ1n) is 12.1. The lowest BCUT2D eigenvalue weighted by atomic mass is 10.1. The second-order valence-corrected chi connectivity index (χ2v) is 8.67. The first kappa shape index (κ1) is 23.8. The Labute approximate surface area is 200 Å². The fourth-order valence-corrected chi connectivity index (χ4v) is 4.32. The predicted octanol–water partition coefficient (Wildman–Crippen LogP) is 3.57. The molecule has 8 heteroatoms. The van der Waals surface area contributed by atoms with E-state index in [4.69, 9.17) is 4.74 Å². The van der Waals surface area contributed by atoms with Gasteiger partial charge in [-0.2, -0.15) is 5.10 Å². The molecule has 2 heterocycles. The van der Waals surface area contributed by atoms with Crippen molar-refractivity contribution in [2.75, 3.05) is 26.2 Å². The number of nitrogens with zero attached hydrogens (tertiary/aromatic N) is 3. The molecule has 0 saturated carbocycles. The number of para-hydroxylation sites is 1. The van der Waals surface area contributed by atoms with E-state index in [0.717, 1.165) is 61.9 Å². The summed E-state index contributed by atoms with van der Waals surface area (Å²) in [7, 11) is 0. The van der Waals surface area contributed by atoms with Crippen LogP contribution in [-0.2, 0) is 17.9 Å². The molecule has 0 radical (unpaired) electrons. The molecular weight excluding hydrogens is 430 g/mol. The maximum atomic E-state index is 12.8. The van der Waals surface area contributed by atoms with Gasteiger partial charge in [-0.25, -0.2) is 4.79 Å². The summed E-state index contributed by atoms with van der Waals surface area (Å²) < 4.78 is 7.23. The summed E-state index contributed by atoms with van der Waals surface area (Å²) in [6, 6.07) is 17.6. The van der Waals surface area contributed by atoms with Crippen LogP contribution in [0.2, 0.25) is 0 Å². The van der Waals surface area contributed by atoms with Crippen LogP contribution in [0.3, 0.4) is 0 Å². The minimum absolute atomic E-state index is 0.114. The van der Waals surface area contributed by atoms with Crippen LogP contribution < -0.4 is 10.6 Å². The van der Waals surface area contributed by atoms with Gasteiger partial charge in [-0.15, -0.1) is 0 Å². The Hall–Kier alpha value is -3.39. The molecule has 1 aromatic heterocycles. The van der Waals surface area contributed by atoms with Crippen LogP contribution in [0.1, 0.15) is 42.2 Å². The molecule has 2 amide bonds. The molecule has 3 aromatic rings. The van der Waals surface area contributed by atoms with Gasteiger partial charge < -0.3 is 20.3 Å². The van der Waals surface area contributed by atoms with E-state index in [1.54, 1.807) is 0 Å². The summed E-state index contributed by atoms with van der Waals surface area (Å²) in [6.07, 6.45) is 2.31. The van der Waals surface area contributed by atoms with Crippen LogP contribution in [0.15, 0.2) is 54.6 Å². The number of nitrogens with one attached hydrogen (secondary N) is 2. The topological polar surface area (TPSA) is 88.5 Å². The van der Waals surface area contributed by atoms with Crippen LogP contribution in [0.5, 0.6) is 0 Å². The summed E-state index contributed by atoms with van der Waals surface area (Å²) in [5.41, 5.74) is 2.45. The maximum absolute atomic E-state index is 12.8. The van der Waals surface area contributed by atoms with E-state index >= 15 is 0 Å². The highest BCUT2D eigenvalue weighted by Gasteiger charge is 2.22. The predicted molar refractivity (Wildman–Crippen MR) is 132 cm³/mol. The SMILES string of the molecule is CCCn1nc(C(=O)NCCN2CCC(NC(=O)OCc3ccccc3)CC2)c2ccccc21. The van der Waals surface area contributed by atoms with Crippen LogP contribution >= 0.6 is 0 Å². The molecule has 1 aliphatic heterocycles. The number of hydrogen-bond acceptors (Lipinski definition) is 5.